The van der Waals surface area contributed by atoms with Crippen LogP contribution in [0, 0.1) is 5.41 Å². The number of aliphatic hydroxyl groups is 1. The summed E-state index contributed by atoms with van der Waals surface area (Å²) in [6.07, 6.45) is 2.56. The van der Waals surface area contributed by atoms with Crippen molar-refractivity contribution in [2.24, 2.45) is 5.73 Å². The summed E-state index contributed by atoms with van der Waals surface area (Å²) in [4.78, 5) is 0. The van der Waals surface area contributed by atoms with Crippen LogP contribution in [0.25, 0.3) is 0 Å². The van der Waals surface area contributed by atoms with E-state index in [1.54, 1.807) is 0 Å². The van der Waals surface area contributed by atoms with Crippen LogP contribution in [-0.2, 0) is 0 Å². The van der Waals surface area contributed by atoms with Gasteiger partial charge in [-0.2, -0.15) is 0 Å². The van der Waals surface area contributed by atoms with E-state index in [2.05, 4.69) is 12.3 Å². The highest BCUT2D eigenvalue weighted by molar-refractivity contribution is 5.66. The number of nitrogens with one attached hydrogen (secondary N) is 1. The van der Waals surface area contributed by atoms with Crippen molar-refractivity contribution < 1.29 is 5.11 Å². The minimum Gasteiger partial charge on any atom is -0.382 e. The summed E-state index contributed by atoms with van der Waals surface area (Å²) in [6, 6.07) is 0. The molecule has 0 rings (SSSR count). The molecule has 0 fully saturated rings. The van der Waals surface area contributed by atoms with E-state index < -0.39 is 0 Å². The summed E-state index contributed by atoms with van der Waals surface area (Å²) in [5.41, 5.74) is 4.40. The average molecular weight is 102 g/mol. The van der Waals surface area contributed by atoms with E-state index in [0.717, 1.165) is 6.21 Å². The molecule has 3 nitrogen and oxygen atoms in total. The van der Waals surface area contributed by atoms with Crippen LogP contribution in [0.4, 0.5) is 0 Å². The molecule has 3 heteroatoms. The quantitative estimate of drug-likeness (QED) is 0.314. The minimum atomic E-state index is -0.250. The van der Waals surface area contributed by atoms with Gasteiger partial charge in [0.25, 0.3) is 0 Å². The standard InChI is InChI=1S/C3H5N.CH5NO/c1-2-3-4;2-1-3/h2-4H,1H2;3H,1-2H2. The van der Waals surface area contributed by atoms with E-state index in [1.165, 1.54) is 6.08 Å². The molecule has 42 valence electrons. The van der Waals surface area contributed by atoms with Crippen LogP contribution in [0.15, 0.2) is 12.7 Å². The smallest absolute Gasteiger partial charge is 0.0906 e. The van der Waals surface area contributed by atoms with Crippen LogP contribution in [0.5, 0.6) is 0 Å². The van der Waals surface area contributed by atoms with E-state index in [9.17, 15) is 0 Å². The van der Waals surface area contributed by atoms with Gasteiger partial charge in [-0.1, -0.05) is 12.7 Å². The maximum Gasteiger partial charge on any atom is 0.0906 e. The number of nitrogens with two attached hydrogens (primary N) is 1. The molecule has 0 aliphatic heterocycles. The highest BCUT2D eigenvalue weighted by Crippen LogP contribution is 1.37. The maximum absolute atomic E-state index is 7.35. The Labute approximate surface area is 43.0 Å². The first-order valence-corrected chi connectivity index (χ1v) is 1.75. The molecule has 0 aromatic rings. The van der Waals surface area contributed by atoms with Crippen molar-refractivity contribution >= 4 is 6.21 Å². The van der Waals surface area contributed by atoms with Crippen LogP contribution < -0.4 is 5.73 Å². The number of allylic oxidation sites excluding steroid dienone is 1. The summed E-state index contributed by atoms with van der Waals surface area (Å²) >= 11 is 0. The predicted molar refractivity (Wildman–Crippen MR) is 30.3 cm³/mol. The molecule has 0 aliphatic carbocycles. The first-order valence-electron chi connectivity index (χ1n) is 1.75. The van der Waals surface area contributed by atoms with Gasteiger partial charge in [-0.05, 0) is 0 Å². The Morgan fingerprint density at radius 1 is 1.86 bits per heavy atom. The van der Waals surface area contributed by atoms with E-state index >= 15 is 0 Å². The lowest BCUT2D eigenvalue weighted by Gasteiger charge is -1.56. The van der Waals surface area contributed by atoms with Crippen LogP contribution in [0.1, 0.15) is 0 Å². The summed E-state index contributed by atoms with van der Waals surface area (Å²) in [5, 5.41) is 13.6. The number of hydrogen-bond donors (Lipinski definition) is 3. The van der Waals surface area contributed by atoms with Crippen molar-refractivity contribution in [1.82, 2.24) is 0 Å². The summed E-state index contributed by atoms with van der Waals surface area (Å²) < 4.78 is 0. The highest BCUT2D eigenvalue weighted by atomic mass is 16.3. The van der Waals surface area contributed by atoms with Gasteiger partial charge in [-0.3, -0.25) is 0 Å². The Morgan fingerprint density at radius 3 is 2.00 bits per heavy atom. The molecule has 0 heterocycles. The lowest BCUT2D eigenvalue weighted by Crippen LogP contribution is -1.92. The molecule has 0 atom stereocenters. The fourth-order valence-corrected chi connectivity index (χ4v) is 0. The number of hydrogen-bond acceptors (Lipinski definition) is 3. The molecule has 0 aromatic heterocycles. The summed E-state index contributed by atoms with van der Waals surface area (Å²) in [5.74, 6) is 0. The summed E-state index contributed by atoms with van der Waals surface area (Å²) in [7, 11) is 0. The van der Waals surface area contributed by atoms with Gasteiger partial charge in [-0.15, -0.1) is 0 Å². The molecule has 0 aliphatic rings. The first kappa shape index (κ1) is 9.59. The third-order valence-corrected chi connectivity index (χ3v) is 0.118. The van der Waals surface area contributed by atoms with Crippen molar-refractivity contribution in [3.8, 4) is 0 Å². The molecule has 0 spiro atoms. The van der Waals surface area contributed by atoms with Crippen molar-refractivity contribution in [3.05, 3.63) is 12.7 Å². The molecular weight excluding hydrogens is 92.1 g/mol. The SMILES string of the molecule is C=CC=N.NCO. The molecule has 0 aromatic carbocycles. The minimum absolute atomic E-state index is 0.250. The molecule has 7 heavy (non-hydrogen) atoms. The Hall–Kier alpha value is -0.670. The van der Waals surface area contributed by atoms with E-state index in [1.807, 2.05) is 0 Å². The molecule has 0 saturated carbocycles. The van der Waals surface area contributed by atoms with Gasteiger partial charge in [0.1, 0.15) is 0 Å². The summed E-state index contributed by atoms with van der Waals surface area (Å²) in [6.45, 7) is 2.99. The highest BCUT2D eigenvalue weighted by Gasteiger charge is 1.32. The van der Waals surface area contributed by atoms with Gasteiger partial charge in [0.2, 0.25) is 0 Å². The van der Waals surface area contributed by atoms with Crippen LogP contribution >= 0.6 is 0 Å². The number of rotatable bonds is 1. The van der Waals surface area contributed by atoms with Crippen LogP contribution in [0.3, 0.4) is 0 Å². The monoisotopic (exact) mass is 102 g/mol. The van der Waals surface area contributed by atoms with E-state index in [0.29, 0.717) is 0 Å². The fourth-order valence-electron chi connectivity index (χ4n) is 0. The molecule has 0 amide bonds. The molecule has 0 unspecified atom stereocenters. The van der Waals surface area contributed by atoms with Gasteiger partial charge < -0.3 is 16.2 Å². The van der Waals surface area contributed by atoms with Gasteiger partial charge in [-0.25, -0.2) is 0 Å². The number of aliphatic hydroxyl groups excluding tert-OH is 1. The second-order valence-corrected chi connectivity index (χ2v) is 0.585. The van der Waals surface area contributed by atoms with Gasteiger partial charge in [0, 0.05) is 6.21 Å². The average Bonchev–Trinajstić information content (AvgIpc) is 1.69. The van der Waals surface area contributed by atoms with E-state index in [-0.39, 0.29) is 6.73 Å². The zero-order chi connectivity index (χ0) is 6.12. The fraction of sp³-hybridized carbons (Fsp3) is 0.250. The van der Waals surface area contributed by atoms with Gasteiger partial charge in [0.05, 0.1) is 6.73 Å². The third-order valence-electron chi connectivity index (χ3n) is 0.118. The molecule has 4 N–H and O–H groups in total. The largest absolute Gasteiger partial charge is 0.382 e. The zero-order valence-corrected chi connectivity index (χ0v) is 4.09. The lowest BCUT2D eigenvalue weighted by atomic mass is 10.7. The van der Waals surface area contributed by atoms with Gasteiger partial charge >= 0.3 is 0 Å². The maximum atomic E-state index is 7.35. The predicted octanol–water partition coefficient (Wildman–Crippen LogP) is -0.283. The van der Waals surface area contributed by atoms with Crippen molar-refractivity contribution in [1.29, 1.82) is 5.41 Å². The second-order valence-electron chi connectivity index (χ2n) is 0.585. The van der Waals surface area contributed by atoms with Crippen LogP contribution in [0.2, 0.25) is 0 Å². The first-order chi connectivity index (χ1) is 3.33. The Bertz CT molecular complexity index is 39.0. The normalized spacial score (nSPS) is 5.43. The second kappa shape index (κ2) is 18.4. The molecular formula is C4H10N2O. The Balaban J connectivity index is 0. The van der Waals surface area contributed by atoms with Crippen LogP contribution in [-0.4, -0.2) is 18.1 Å². The van der Waals surface area contributed by atoms with Crippen molar-refractivity contribution in [2.75, 3.05) is 6.73 Å². The topological polar surface area (TPSA) is 70.1 Å². The zero-order valence-electron chi connectivity index (χ0n) is 4.09. The third kappa shape index (κ3) is 543. The molecule has 0 radical (unpaired) electrons. The lowest BCUT2D eigenvalue weighted by molar-refractivity contribution is 0.307. The Morgan fingerprint density at radius 2 is 2.00 bits per heavy atom. The van der Waals surface area contributed by atoms with Crippen molar-refractivity contribution in [3.63, 3.8) is 0 Å². The molecule has 0 bridgehead atoms. The van der Waals surface area contributed by atoms with Crippen molar-refractivity contribution in [2.45, 2.75) is 0 Å². The van der Waals surface area contributed by atoms with Gasteiger partial charge in [0.15, 0.2) is 0 Å². The Kier molecular flexibility index (Phi) is 25.2. The van der Waals surface area contributed by atoms with E-state index in [4.69, 9.17) is 10.5 Å². The molecule has 0 saturated heterocycles.